The van der Waals surface area contributed by atoms with Crippen molar-refractivity contribution in [3.05, 3.63) is 70.8 Å². The molecule has 1 aliphatic rings. The zero-order valence-electron chi connectivity index (χ0n) is 15.8. The molecule has 0 bridgehead atoms. The smallest absolute Gasteiger partial charge is 0.254 e. The number of hydrogen-bond acceptors (Lipinski definition) is 4. The number of nitrogens with one attached hydrogen (secondary N) is 1. The molecule has 0 aromatic heterocycles. The fourth-order valence-corrected chi connectivity index (χ4v) is 4.02. The minimum Gasteiger partial charge on any atom is -0.329 e. The molecule has 1 aliphatic heterocycles. The lowest BCUT2D eigenvalue weighted by atomic mass is 10.00. The molecule has 3 rings (SSSR count). The molecule has 3 N–H and O–H groups in total. The summed E-state index contributed by atoms with van der Waals surface area (Å²) >= 11 is 0. The van der Waals surface area contributed by atoms with Gasteiger partial charge in [0.15, 0.2) is 0 Å². The molecular formula is C20H26ClN3O3S. The summed E-state index contributed by atoms with van der Waals surface area (Å²) in [6.07, 6.45) is 0.983. The van der Waals surface area contributed by atoms with E-state index in [2.05, 4.69) is 36.5 Å². The number of benzene rings is 2. The highest BCUT2D eigenvalue weighted by Gasteiger charge is 2.28. The van der Waals surface area contributed by atoms with Crippen molar-refractivity contribution in [1.82, 2.24) is 10.2 Å². The Morgan fingerprint density at radius 2 is 1.71 bits per heavy atom. The molecule has 1 saturated heterocycles. The van der Waals surface area contributed by atoms with Gasteiger partial charge in [0.05, 0.1) is 11.8 Å². The van der Waals surface area contributed by atoms with Crippen molar-refractivity contribution in [2.45, 2.75) is 25.1 Å². The molecule has 8 heteroatoms. The maximum Gasteiger partial charge on any atom is 0.254 e. The molecule has 6 nitrogen and oxygen atoms in total. The average Bonchev–Trinajstić information content (AvgIpc) is 2.67. The van der Waals surface area contributed by atoms with Gasteiger partial charge in [-0.3, -0.25) is 4.79 Å². The second-order valence-corrected chi connectivity index (χ2v) is 8.43. The third-order valence-corrected chi connectivity index (χ3v) is 5.58. The van der Waals surface area contributed by atoms with Crippen LogP contribution in [0.5, 0.6) is 0 Å². The Morgan fingerprint density at radius 1 is 1.11 bits per heavy atom. The van der Waals surface area contributed by atoms with Crippen LogP contribution in [0.4, 0.5) is 0 Å². The lowest BCUT2D eigenvalue weighted by molar-refractivity contribution is 0.0634. The van der Waals surface area contributed by atoms with Gasteiger partial charge in [0.1, 0.15) is 0 Å². The van der Waals surface area contributed by atoms with Gasteiger partial charge in [-0.1, -0.05) is 43.3 Å². The van der Waals surface area contributed by atoms with Gasteiger partial charge in [-0.25, -0.2) is 13.6 Å². The topological polar surface area (TPSA) is 92.5 Å². The maximum absolute atomic E-state index is 13.1. The van der Waals surface area contributed by atoms with Crippen molar-refractivity contribution in [2.24, 2.45) is 5.14 Å². The van der Waals surface area contributed by atoms with E-state index in [4.69, 9.17) is 5.14 Å². The largest absolute Gasteiger partial charge is 0.329 e. The molecule has 1 heterocycles. The number of sulfonamides is 1. The van der Waals surface area contributed by atoms with Crippen molar-refractivity contribution in [2.75, 3.05) is 19.6 Å². The monoisotopic (exact) mass is 423 g/mol. The standard InChI is InChI=1S/C20H25N3O3S.ClH/c1-2-15-3-7-17(8-4-15)19-13-22-11-12-23(19)20(24)18-9-5-16(6-10-18)14-27(21,25)26;/h3-10,19,22H,2,11-14H2,1H3,(H2,21,25,26);1H. The van der Waals surface area contributed by atoms with Gasteiger partial charge in [-0.15, -0.1) is 12.4 Å². The molecule has 1 amide bonds. The van der Waals surface area contributed by atoms with Gasteiger partial charge < -0.3 is 10.2 Å². The number of halogens is 1. The second kappa shape index (κ2) is 9.52. The van der Waals surface area contributed by atoms with E-state index < -0.39 is 10.0 Å². The first kappa shape index (κ1) is 22.4. The highest BCUT2D eigenvalue weighted by molar-refractivity contribution is 7.88. The van der Waals surface area contributed by atoms with Crippen LogP contribution in [0, 0.1) is 0 Å². The van der Waals surface area contributed by atoms with E-state index in [1.807, 2.05) is 4.90 Å². The maximum atomic E-state index is 13.1. The quantitative estimate of drug-likeness (QED) is 0.771. The predicted octanol–water partition coefficient (Wildman–Crippen LogP) is 2.25. The molecule has 28 heavy (non-hydrogen) atoms. The van der Waals surface area contributed by atoms with E-state index in [1.54, 1.807) is 24.3 Å². The van der Waals surface area contributed by atoms with Gasteiger partial charge in [0, 0.05) is 25.2 Å². The predicted molar refractivity (Wildman–Crippen MR) is 113 cm³/mol. The summed E-state index contributed by atoms with van der Waals surface area (Å²) in [6.45, 7) is 4.20. The molecule has 1 fully saturated rings. The summed E-state index contributed by atoms with van der Waals surface area (Å²) in [5.74, 6) is -0.287. The highest BCUT2D eigenvalue weighted by Crippen LogP contribution is 2.25. The fourth-order valence-electron chi connectivity index (χ4n) is 3.36. The number of amides is 1. The van der Waals surface area contributed by atoms with Crippen LogP contribution in [-0.2, 0) is 22.2 Å². The number of nitrogens with two attached hydrogens (primary N) is 1. The van der Waals surface area contributed by atoms with Crippen LogP contribution in [0.1, 0.15) is 40.0 Å². The number of nitrogens with zero attached hydrogens (tertiary/aromatic N) is 1. The molecule has 0 radical (unpaired) electrons. The first-order chi connectivity index (χ1) is 12.9. The average molecular weight is 424 g/mol. The van der Waals surface area contributed by atoms with Crippen LogP contribution in [0.2, 0.25) is 0 Å². The van der Waals surface area contributed by atoms with Crippen molar-refractivity contribution < 1.29 is 13.2 Å². The van der Waals surface area contributed by atoms with Gasteiger partial charge in [-0.05, 0) is 35.2 Å². The van der Waals surface area contributed by atoms with E-state index in [9.17, 15) is 13.2 Å². The van der Waals surface area contributed by atoms with Crippen LogP contribution < -0.4 is 10.5 Å². The van der Waals surface area contributed by atoms with Gasteiger partial charge in [0.25, 0.3) is 5.91 Å². The molecule has 152 valence electrons. The number of carbonyl (C=O) groups excluding carboxylic acids is 1. The Labute approximate surface area is 172 Å². The van der Waals surface area contributed by atoms with Crippen LogP contribution in [0.3, 0.4) is 0 Å². The van der Waals surface area contributed by atoms with Crippen LogP contribution in [0.25, 0.3) is 0 Å². The van der Waals surface area contributed by atoms with Crippen molar-refractivity contribution in [1.29, 1.82) is 0 Å². The molecule has 0 spiro atoms. The highest BCUT2D eigenvalue weighted by atomic mass is 35.5. The molecule has 1 atom stereocenters. The normalized spacial score (nSPS) is 17.1. The molecule has 0 aliphatic carbocycles. The lowest BCUT2D eigenvalue weighted by Crippen LogP contribution is -2.48. The van der Waals surface area contributed by atoms with E-state index in [-0.39, 0.29) is 30.1 Å². The molecule has 2 aromatic rings. The van der Waals surface area contributed by atoms with Crippen LogP contribution in [-0.4, -0.2) is 38.9 Å². The summed E-state index contributed by atoms with van der Waals surface area (Å²) in [4.78, 5) is 14.9. The van der Waals surface area contributed by atoms with E-state index in [0.29, 0.717) is 24.2 Å². The Hall–Kier alpha value is -1.93. The van der Waals surface area contributed by atoms with Gasteiger partial charge in [-0.2, -0.15) is 0 Å². The Morgan fingerprint density at radius 3 is 2.29 bits per heavy atom. The summed E-state index contributed by atoms with van der Waals surface area (Å²) < 4.78 is 22.4. The summed E-state index contributed by atoms with van der Waals surface area (Å²) in [5, 5.41) is 8.43. The summed E-state index contributed by atoms with van der Waals surface area (Å²) in [5.41, 5.74) is 3.50. The number of aryl methyl sites for hydroxylation is 1. The third kappa shape index (κ3) is 5.54. The zero-order valence-corrected chi connectivity index (χ0v) is 17.4. The zero-order chi connectivity index (χ0) is 19.4. The molecule has 0 saturated carbocycles. The minimum absolute atomic E-state index is 0. The SMILES string of the molecule is CCc1ccc(C2CNCCN2C(=O)c2ccc(CS(N)(=O)=O)cc2)cc1.Cl. The van der Waals surface area contributed by atoms with Gasteiger partial charge in [0.2, 0.25) is 10.0 Å². The number of rotatable bonds is 5. The third-order valence-electron chi connectivity index (χ3n) is 4.85. The number of piperazine rings is 1. The first-order valence-electron chi connectivity index (χ1n) is 9.07. The number of primary sulfonamides is 1. The minimum atomic E-state index is -3.58. The lowest BCUT2D eigenvalue weighted by Gasteiger charge is -2.36. The Kier molecular flexibility index (Phi) is 7.60. The number of carbonyl (C=O) groups is 1. The second-order valence-electron chi connectivity index (χ2n) is 6.82. The molecule has 2 aromatic carbocycles. The van der Waals surface area contributed by atoms with E-state index >= 15 is 0 Å². The van der Waals surface area contributed by atoms with Crippen molar-refractivity contribution >= 4 is 28.3 Å². The summed E-state index contributed by atoms with van der Waals surface area (Å²) in [6, 6.07) is 15.0. The fraction of sp³-hybridized carbons (Fsp3) is 0.350. The summed E-state index contributed by atoms with van der Waals surface area (Å²) in [7, 11) is -3.58. The van der Waals surface area contributed by atoms with Gasteiger partial charge >= 0.3 is 0 Å². The first-order valence-corrected chi connectivity index (χ1v) is 10.8. The van der Waals surface area contributed by atoms with E-state index in [1.165, 1.54) is 5.56 Å². The van der Waals surface area contributed by atoms with E-state index in [0.717, 1.165) is 18.5 Å². The van der Waals surface area contributed by atoms with Crippen LogP contribution in [0.15, 0.2) is 48.5 Å². The molecule has 1 unspecified atom stereocenters. The van der Waals surface area contributed by atoms with Crippen LogP contribution >= 0.6 is 12.4 Å². The molecular weight excluding hydrogens is 398 g/mol. The van der Waals surface area contributed by atoms with Crippen molar-refractivity contribution in [3.8, 4) is 0 Å². The Bertz CT molecular complexity index is 899. The van der Waals surface area contributed by atoms with Crippen molar-refractivity contribution in [3.63, 3.8) is 0 Å². The Balaban J connectivity index is 0.00000280. The number of hydrogen-bond donors (Lipinski definition) is 2.